The van der Waals surface area contributed by atoms with Gasteiger partial charge in [-0.1, -0.05) is 11.6 Å². The molecule has 0 bridgehead atoms. The Morgan fingerprint density at radius 2 is 2.16 bits per heavy atom. The van der Waals surface area contributed by atoms with E-state index in [1.54, 1.807) is 13.2 Å². The molecule has 1 aromatic carbocycles. The monoisotopic (exact) mass is 286 g/mol. The zero-order chi connectivity index (χ0) is 13.7. The van der Waals surface area contributed by atoms with Crippen LogP contribution in [0.15, 0.2) is 12.1 Å². The molecule has 1 atom stereocenters. The van der Waals surface area contributed by atoms with E-state index in [4.69, 9.17) is 31.5 Å². The van der Waals surface area contributed by atoms with Crippen LogP contribution in [0.25, 0.3) is 0 Å². The Balaban J connectivity index is 2.07. The summed E-state index contributed by atoms with van der Waals surface area (Å²) in [7, 11) is 1.68. The fourth-order valence-electron chi connectivity index (χ4n) is 2.01. The molecule has 3 N–H and O–H groups in total. The number of nitrogens with one attached hydrogen (secondary N) is 1. The first-order valence-electron chi connectivity index (χ1n) is 6.29. The molecule has 0 spiro atoms. The van der Waals surface area contributed by atoms with Crippen LogP contribution in [-0.4, -0.2) is 33.1 Å². The predicted molar refractivity (Wildman–Crippen MR) is 75.2 cm³/mol. The molecule has 0 aromatic heterocycles. The van der Waals surface area contributed by atoms with Gasteiger partial charge in [-0.3, -0.25) is 0 Å². The molecule has 106 valence electrons. The predicted octanol–water partition coefficient (Wildman–Crippen LogP) is 2.23. The van der Waals surface area contributed by atoms with Gasteiger partial charge in [0.25, 0.3) is 0 Å². The molecule has 1 aliphatic heterocycles. The molecule has 0 aliphatic carbocycles. The summed E-state index contributed by atoms with van der Waals surface area (Å²) in [5.74, 6) is 1.39. The number of hydrogen-bond donors (Lipinski definition) is 2. The van der Waals surface area contributed by atoms with E-state index in [-0.39, 0.29) is 12.8 Å². The minimum Gasteiger partial charge on any atom is -0.454 e. The Bertz CT molecular complexity index is 429. The highest BCUT2D eigenvalue weighted by Crippen LogP contribution is 2.39. The van der Waals surface area contributed by atoms with E-state index in [2.05, 4.69) is 5.32 Å². The number of nitrogens with two attached hydrogens (primary N) is 1. The average molecular weight is 287 g/mol. The molecule has 1 unspecified atom stereocenters. The fourth-order valence-corrected chi connectivity index (χ4v) is 2.22. The van der Waals surface area contributed by atoms with Crippen LogP contribution in [0.1, 0.15) is 12.8 Å². The Morgan fingerprint density at radius 3 is 2.84 bits per heavy atom. The number of anilines is 1. The van der Waals surface area contributed by atoms with Gasteiger partial charge >= 0.3 is 0 Å². The second kappa shape index (κ2) is 6.84. The van der Waals surface area contributed by atoms with Crippen LogP contribution < -0.4 is 20.5 Å². The van der Waals surface area contributed by atoms with Crippen LogP contribution in [-0.2, 0) is 4.74 Å². The third kappa shape index (κ3) is 3.65. The number of benzene rings is 1. The van der Waals surface area contributed by atoms with E-state index in [1.165, 1.54) is 0 Å². The first-order valence-corrected chi connectivity index (χ1v) is 6.67. The zero-order valence-electron chi connectivity index (χ0n) is 10.9. The minimum atomic E-state index is 0.173. The van der Waals surface area contributed by atoms with Crippen molar-refractivity contribution in [1.82, 2.24) is 0 Å². The SMILES string of the molecule is COCC(CCCN)Nc1cc2c(cc1Cl)OCO2. The van der Waals surface area contributed by atoms with Crippen molar-refractivity contribution in [3.63, 3.8) is 0 Å². The first-order chi connectivity index (χ1) is 9.24. The van der Waals surface area contributed by atoms with Crippen LogP contribution in [0.4, 0.5) is 5.69 Å². The number of hydrogen-bond acceptors (Lipinski definition) is 5. The van der Waals surface area contributed by atoms with Gasteiger partial charge in [0.05, 0.1) is 17.3 Å². The molecular weight excluding hydrogens is 268 g/mol. The van der Waals surface area contributed by atoms with Crippen LogP contribution in [0.5, 0.6) is 11.5 Å². The smallest absolute Gasteiger partial charge is 0.231 e. The Hall–Kier alpha value is -1.17. The molecule has 0 amide bonds. The third-order valence-electron chi connectivity index (χ3n) is 2.95. The molecular formula is C13H19ClN2O3. The van der Waals surface area contributed by atoms with E-state index in [1.807, 2.05) is 6.07 Å². The molecule has 0 radical (unpaired) electrons. The second-order valence-electron chi connectivity index (χ2n) is 4.41. The van der Waals surface area contributed by atoms with Gasteiger partial charge in [-0.15, -0.1) is 0 Å². The Labute approximate surface area is 118 Å². The van der Waals surface area contributed by atoms with E-state index in [9.17, 15) is 0 Å². The van der Waals surface area contributed by atoms with Gasteiger partial charge in [0, 0.05) is 25.3 Å². The maximum Gasteiger partial charge on any atom is 0.231 e. The molecule has 2 rings (SSSR count). The Morgan fingerprint density at radius 1 is 1.42 bits per heavy atom. The maximum absolute atomic E-state index is 6.22. The summed E-state index contributed by atoms with van der Waals surface area (Å²) in [4.78, 5) is 0. The number of methoxy groups -OCH3 is 1. The molecule has 6 heteroatoms. The van der Waals surface area contributed by atoms with Gasteiger partial charge in [-0.25, -0.2) is 0 Å². The fraction of sp³-hybridized carbons (Fsp3) is 0.538. The lowest BCUT2D eigenvalue weighted by atomic mass is 10.1. The van der Waals surface area contributed by atoms with Crippen molar-refractivity contribution < 1.29 is 14.2 Å². The minimum absolute atomic E-state index is 0.173. The van der Waals surface area contributed by atoms with Gasteiger partial charge in [-0.05, 0) is 19.4 Å². The lowest BCUT2D eigenvalue weighted by Crippen LogP contribution is -2.26. The third-order valence-corrected chi connectivity index (χ3v) is 3.26. The summed E-state index contributed by atoms with van der Waals surface area (Å²) in [6, 6.07) is 3.79. The van der Waals surface area contributed by atoms with E-state index >= 15 is 0 Å². The van der Waals surface area contributed by atoms with Crippen LogP contribution in [0.2, 0.25) is 5.02 Å². The van der Waals surface area contributed by atoms with Crippen molar-refractivity contribution in [3.05, 3.63) is 17.2 Å². The molecule has 1 heterocycles. The van der Waals surface area contributed by atoms with Crippen molar-refractivity contribution in [2.24, 2.45) is 5.73 Å². The van der Waals surface area contributed by atoms with Crippen molar-refractivity contribution in [1.29, 1.82) is 0 Å². The molecule has 1 aliphatic rings. The normalized spacial score (nSPS) is 14.5. The van der Waals surface area contributed by atoms with Gasteiger partial charge < -0.3 is 25.3 Å². The average Bonchev–Trinajstić information content (AvgIpc) is 2.83. The van der Waals surface area contributed by atoms with Crippen LogP contribution in [0.3, 0.4) is 0 Å². The van der Waals surface area contributed by atoms with E-state index in [0.717, 1.165) is 18.5 Å². The molecule has 5 nitrogen and oxygen atoms in total. The van der Waals surface area contributed by atoms with Gasteiger partial charge in [0.2, 0.25) is 6.79 Å². The number of ether oxygens (including phenoxy) is 3. The van der Waals surface area contributed by atoms with E-state index < -0.39 is 0 Å². The van der Waals surface area contributed by atoms with E-state index in [0.29, 0.717) is 29.7 Å². The summed E-state index contributed by atoms with van der Waals surface area (Å²) < 4.78 is 15.8. The topological polar surface area (TPSA) is 65.7 Å². The first kappa shape index (κ1) is 14.2. The van der Waals surface area contributed by atoms with Crippen molar-refractivity contribution in [3.8, 4) is 11.5 Å². The number of rotatable bonds is 7. The summed E-state index contributed by atoms with van der Waals surface area (Å²) in [5.41, 5.74) is 6.36. The summed E-state index contributed by atoms with van der Waals surface area (Å²) in [6.07, 6.45) is 1.86. The number of halogens is 1. The van der Waals surface area contributed by atoms with Gasteiger partial charge in [0.1, 0.15) is 0 Å². The molecule has 1 aromatic rings. The zero-order valence-corrected chi connectivity index (χ0v) is 11.7. The summed E-state index contributed by atoms with van der Waals surface area (Å²) in [6.45, 7) is 1.51. The lowest BCUT2D eigenvalue weighted by molar-refractivity contribution is 0.174. The summed E-state index contributed by atoms with van der Waals surface area (Å²) in [5, 5.41) is 3.97. The van der Waals surface area contributed by atoms with Crippen molar-refractivity contribution in [2.75, 3.05) is 32.4 Å². The standard InChI is InChI=1S/C13H19ClN2O3/c1-17-7-9(3-2-4-15)16-11-6-13-12(5-10(11)14)18-8-19-13/h5-6,9,16H,2-4,7-8,15H2,1H3. The largest absolute Gasteiger partial charge is 0.454 e. The maximum atomic E-state index is 6.22. The highest BCUT2D eigenvalue weighted by atomic mass is 35.5. The highest BCUT2D eigenvalue weighted by molar-refractivity contribution is 6.33. The van der Waals surface area contributed by atoms with Gasteiger partial charge in [-0.2, -0.15) is 0 Å². The van der Waals surface area contributed by atoms with Crippen molar-refractivity contribution >= 4 is 17.3 Å². The second-order valence-corrected chi connectivity index (χ2v) is 4.82. The van der Waals surface area contributed by atoms with Crippen LogP contribution >= 0.6 is 11.6 Å². The molecule has 19 heavy (non-hydrogen) atoms. The van der Waals surface area contributed by atoms with Crippen molar-refractivity contribution in [2.45, 2.75) is 18.9 Å². The summed E-state index contributed by atoms with van der Waals surface area (Å²) >= 11 is 6.22. The lowest BCUT2D eigenvalue weighted by Gasteiger charge is -2.20. The molecule has 0 fully saturated rings. The quantitative estimate of drug-likeness (QED) is 0.805. The number of fused-ring (bicyclic) bond motifs is 1. The molecule has 0 saturated heterocycles. The van der Waals surface area contributed by atoms with Gasteiger partial charge in [0.15, 0.2) is 11.5 Å². The Kier molecular flexibility index (Phi) is 5.13. The van der Waals surface area contributed by atoms with Crippen LogP contribution in [0, 0.1) is 0 Å². The highest BCUT2D eigenvalue weighted by Gasteiger charge is 2.18. The molecule has 0 saturated carbocycles.